The molecule has 1 aliphatic heterocycles. The van der Waals surface area contributed by atoms with Gasteiger partial charge in [0.25, 0.3) is 5.91 Å². The molecule has 0 N–H and O–H groups in total. The lowest BCUT2D eigenvalue weighted by Gasteiger charge is -2.31. The van der Waals surface area contributed by atoms with Crippen molar-refractivity contribution in [1.82, 2.24) is 4.90 Å². The zero-order valence-electron chi connectivity index (χ0n) is 15.7. The predicted molar refractivity (Wildman–Crippen MR) is 99.4 cm³/mol. The van der Waals surface area contributed by atoms with Crippen molar-refractivity contribution in [3.05, 3.63) is 35.6 Å². The van der Waals surface area contributed by atoms with Crippen LogP contribution in [0.2, 0.25) is 0 Å². The molecule has 1 saturated heterocycles. The summed E-state index contributed by atoms with van der Waals surface area (Å²) >= 11 is 0. The van der Waals surface area contributed by atoms with Crippen LogP contribution >= 0.6 is 0 Å². The normalized spacial score (nSPS) is 15.1. The molecule has 1 aromatic carbocycles. The third kappa shape index (κ3) is 6.43. The zero-order valence-corrected chi connectivity index (χ0v) is 15.7. The monoisotopic (exact) mass is 363 g/mol. The summed E-state index contributed by atoms with van der Waals surface area (Å²) in [6, 6.07) is 5.73. The average Bonchev–Trinajstić information content (AvgIpc) is 2.66. The Balaban J connectivity index is 1.66. The van der Waals surface area contributed by atoms with Crippen LogP contribution in [0.25, 0.3) is 0 Å². The number of nitrogens with zero attached hydrogens (tertiary/aromatic N) is 1. The van der Waals surface area contributed by atoms with Crippen LogP contribution in [0.3, 0.4) is 0 Å². The van der Waals surface area contributed by atoms with E-state index in [4.69, 9.17) is 4.74 Å². The highest BCUT2D eigenvalue weighted by molar-refractivity contribution is 5.94. The molecule has 144 valence electrons. The number of rotatable bonds is 9. The minimum Gasteiger partial charge on any atom is -0.465 e. The van der Waals surface area contributed by atoms with E-state index >= 15 is 0 Å². The van der Waals surface area contributed by atoms with E-state index in [1.165, 1.54) is 43.9 Å². The Morgan fingerprint density at radius 3 is 2.50 bits per heavy atom. The van der Waals surface area contributed by atoms with Gasteiger partial charge >= 0.3 is 5.97 Å². The number of unbranched alkanes of at least 4 members (excludes halogenated alkanes) is 5. The Hall–Kier alpha value is -1.91. The number of esters is 1. The highest BCUT2D eigenvalue weighted by Crippen LogP contribution is 2.21. The summed E-state index contributed by atoms with van der Waals surface area (Å²) in [5.74, 6) is -0.865. The van der Waals surface area contributed by atoms with E-state index in [-0.39, 0.29) is 17.8 Å². The lowest BCUT2D eigenvalue weighted by Crippen LogP contribution is -2.40. The summed E-state index contributed by atoms with van der Waals surface area (Å²) in [5.41, 5.74) is 0.356. The maximum absolute atomic E-state index is 13.3. The summed E-state index contributed by atoms with van der Waals surface area (Å²) in [4.78, 5) is 26.2. The lowest BCUT2D eigenvalue weighted by molar-refractivity contribution is -0.150. The van der Waals surface area contributed by atoms with E-state index in [1.54, 1.807) is 11.0 Å². The Kier molecular flexibility index (Phi) is 8.59. The average molecular weight is 363 g/mol. The van der Waals surface area contributed by atoms with Gasteiger partial charge in [0.15, 0.2) is 0 Å². The number of hydrogen-bond acceptors (Lipinski definition) is 3. The van der Waals surface area contributed by atoms with E-state index < -0.39 is 5.82 Å². The molecule has 1 amide bonds. The maximum Gasteiger partial charge on any atom is 0.309 e. The van der Waals surface area contributed by atoms with Crippen molar-refractivity contribution >= 4 is 11.9 Å². The lowest BCUT2D eigenvalue weighted by atomic mass is 9.96. The molecule has 1 heterocycles. The molecule has 5 heteroatoms. The first-order valence-electron chi connectivity index (χ1n) is 9.83. The van der Waals surface area contributed by atoms with Gasteiger partial charge in [-0.2, -0.15) is 0 Å². The largest absolute Gasteiger partial charge is 0.465 e. The van der Waals surface area contributed by atoms with Crippen molar-refractivity contribution in [3.63, 3.8) is 0 Å². The van der Waals surface area contributed by atoms with E-state index in [1.807, 2.05) is 0 Å². The third-order valence-electron chi connectivity index (χ3n) is 4.93. The summed E-state index contributed by atoms with van der Waals surface area (Å²) in [6.07, 6.45) is 8.20. The molecule has 0 aliphatic carbocycles. The molecule has 0 bridgehead atoms. The van der Waals surface area contributed by atoms with E-state index in [2.05, 4.69) is 6.92 Å². The zero-order chi connectivity index (χ0) is 18.8. The van der Waals surface area contributed by atoms with Gasteiger partial charge in [-0.1, -0.05) is 45.1 Å². The SMILES string of the molecule is CCCCCCCCOC(=O)C1CCN(C(=O)c2cccc(F)c2)CC1. The van der Waals surface area contributed by atoms with Crippen molar-refractivity contribution < 1.29 is 18.7 Å². The first-order chi connectivity index (χ1) is 12.6. The van der Waals surface area contributed by atoms with E-state index in [0.717, 1.165) is 12.8 Å². The second-order valence-electron chi connectivity index (χ2n) is 7.01. The molecule has 1 aromatic rings. The van der Waals surface area contributed by atoms with E-state index in [0.29, 0.717) is 38.1 Å². The van der Waals surface area contributed by atoms with Crippen molar-refractivity contribution in [2.24, 2.45) is 5.92 Å². The fourth-order valence-corrected chi connectivity index (χ4v) is 3.30. The van der Waals surface area contributed by atoms with Crippen LogP contribution in [0.5, 0.6) is 0 Å². The van der Waals surface area contributed by atoms with Gasteiger partial charge in [0.2, 0.25) is 0 Å². The number of amides is 1. The number of halogens is 1. The molecule has 0 radical (unpaired) electrons. The number of carbonyl (C=O) groups is 2. The van der Waals surface area contributed by atoms with Crippen LogP contribution < -0.4 is 0 Å². The first kappa shape index (κ1) is 20.4. The maximum atomic E-state index is 13.3. The predicted octanol–water partition coefficient (Wildman–Crippen LogP) is 4.58. The Morgan fingerprint density at radius 2 is 1.81 bits per heavy atom. The number of hydrogen-bond donors (Lipinski definition) is 0. The van der Waals surface area contributed by atoms with Gasteiger partial charge in [-0.15, -0.1) is 0 Å². The van der Waals surface area contributed by atoms with Crippen LogP contribution in [-0.4, -0.2) is 36.5 Å². The summed E-state index contributed by atoms with van der Waals surface area (Å²) in [5, 5.41) is 0. The third-order valence-corrected chi connectivity index (χ3v) is 4.93. The Bertz CT molecular complexity index is 582. The molecule has 4 nitrogen and oxygen atoms in total. The fourth-order valence-electron chi connectivity index (χ4n) is 3.30. The minimum atomic E-state index is -0.413. The molecule has 0 atom stereocenters. The van der Waals surface area contributed by atoms with E-state index in [9.17, 15) is 14.0 Å². The highest BCUT2D eigenvalue weighted by Gasteiger charge is 2.28. The van der Waals surface area contributed by atoms with Crippen LogP contribution in [0.4, 0.5) is 4.39 Å². The Labute approximate surface area is 155 Å². The van der Waals surface area contributed by atoms with Crippen LogP contribution in [-0.2, 0) is 9.53 Å². The molecule has 26 heavy (non-hydrogen) atoms. The van der Waals surface area contributed by atoms with Crippen molar-refractivity contribution in [2.45, 2.75) is 58.3 Å². The second-order valence-corrected chi connectivity index (χ2v) is 7.01. The summed E-state index contributed by atoms with van der Waals surface area (Å²) < 4.78 is 18.7. The quantitative estimate of drug-likeness (QED) is 0.476. The van der Waals surface area contributed by atoms with Crippen molar-refractivity contribution in [1.29, 1.82) is 0 Å². The van der Waals surface area contributed by atoms with Crippen molar-refractivity contribution in [3.8, 4) is 0 Å². The second kappa shape index (κ2) is 10.9. The summed E-state index contributed by atoms with van der Waals surface area (Å²) in [7, 11) is 0. The van der Waals surface area contributed by atoms with Gasteiger partial charge in [0.05, 0.1) is 12.5 Å². The van der Waals surface area contributed by atoms with Crippen LogP contribution in [0.1, 0.15) is 68.6 Å². The van der Waals surface area contributed by atoms with Gasteiger partial charge in [-0.25, -0.2) is 4.39 Å². The van der Waals surface area contributed by atoms with Gasteiger partial charge in [-0.3, -0.25) is 9.59 Å². The van der Waals surface area contributed by atoms with Crippen molar-refractivity contribution in [2.75, 3.05) is 19.7 Å². The molecule has 0 unspecified atom stereocenters. The number of piperidine rings is 1. The molecule has 1 fully saturated rings. The molecule has 0 spiro atoms. The minimum absolute atomic E-state index is 0.133. The topological polar surface area (TPSA) is 46.6 Å². The molecule has 1 aliphatic rings. The number of carbonyl (C=O) groups excluding carboxylic acids is 2. The number of ether oxygens (including phenoxy) is 1. The number of likely N-dealkylation sites (tertiary alicyclic amines) is 1. The smallest absolute Gasteiger partial charge is 0.309 e. The van der Waals surface area contributed by atoms with Crippen LogP contribution in [0.15, 0.2) is 24.3 Å². The fraction of sp³-hybridized carbons (Fsp3) is 0.619. The van der Waals surface area contributed by atoms with Gasteiger partial charge in [-0.05, 0) is 37.5 Å². The molecule has 2 rings (SSSR count). The van der Waals surface area contributed by atoms with Gasteiger partial charge in [0.1, 0.15) is 5.82 Å². The molecule has 0 aromatic heterocycles. The van der Waals surface area contributed by atoms with Gasteiger partial charge in [0, 0.05) is 18.7 Å². The highest BCUT2D eigenvalue weighted by atomic mass is 19.1. The number of benzene rings is 1. The molecular weight excluding hydrogens is 333 g/mol. The summed E-state index contributed by atoms with van der Waals surface area (Å²) in [6.45, 7) is 3.70. The van der Waals surface area contributed by atoms with Crippen LogP contribution in [0, 0.1) is 11.7 Å². The first-order valence-corrected chi connectivity index (χ1v) is 9.83. The molecular formula is C21H30FNO3. The molecule has 0 saturated carbocycles. The Morgan fingerprint density at radius 1 is 1.12 bits per heavy atom. The standard InChI is InChI=1S/C21H30FNO3/c1-2-3-4-5-6-7-15-26-21(25)17-11-13-23(14-12-17)20(24)18-9-8-10-19(22)16-18/h8-10,16-17H,2-7,11-15H2,1H3. The van der Waals surface area contributed by atoms with Gasteiger partial charge < -0.3 is 9.64 Å².